The van der Waals surface area contributed by atoms with Crippen LogP contribution in [0.5, 0.6) is 11.5 Å². The highest BCUT2D eigenvalue weighted by Crippen LogP contribution is 2.34. The van der Waals surface area contributed by atoms with Crippen molar-refractivity contribution in [1.82, 2.24) is 15.7 Å². The third-order valence-electron chi connectivity index (χ3n) is 4.27. The lowest BCUT2D eigenvalue weighted by molar-refractivity contribution is -0.274. The van der Waals surface area contributed by atoms with E-state index < -0.39 is 12.0 Å². The highest BCUT2D eigenvalue weighted by molar-refractivity contribution is 5.55. The van der Waals surface area contributed by atoms with Gasteiger partial charge in [-0.3, -0.25) is 4.84 Å². The van der Waals surface area contributed by atoms with E-state index in [1.165, 1.54) is 24.3 Å². The second-order valence-electron chi connectivity index (χ2n) is 6.65. The molecule has 0 amide bonds. The number of halogens is 3. The third-order valence-corrected chi connectivity index (χ3v) is 4.27. The van der Waals surface area contributed by atoms with Gasteiger partial charge in [-0.1, -0.05) is 18.2 Å². The smallest absolute Gasteiger partial charge is 0.439 e. The fraction of sp³-hybridized carbons (Fsp3) is 0.200. The summed E-state index contributed by atoms with van der Waals surface area (Å²) in [5, 5.41) is 7.77. The van der Waals surface area contributed by atoms with Gasteiger partial charge in [-0.2, -0.15) is 0 Å². The van der Waals surface area contributed by atoms with Crippen molar-refractivity contribution >= 4 is 0 Å². The van der Waals surface area contributed by atoms with Crippen LogP contribution in [-0.2, 0) is 10.4 Å². The molecule has 4 rings (SSSR count). The number of nitrogens with one attached hydrogen (secondary N) is 1. The molecule has 1 N–H and O–H groups in total. The maximum absolute atomic E-state index is 12.3. The summed E-state index contributed by atoms with van der Waals surface area (Å²) in [5.74, 6) is 1.34. The summed E-state index contributed by atoms with van der Waals surface area (Å²) in [6, 6.07) is 12.5. The average Bonchev–Trinajstić information content (AvgIpc) is 3.28. The molecule has 1 aromatic heterocycles. The van der Waals surface area contributed by atoms with E-state index in [1.807, 2.05) is 6.07 Å². The molecule has 2 aromatic carbocycles. The molecule has 1 atom stereocenters. The largest absolute Gasteiger partial charge is 0.573 e. The van der Waals surface area contributed by atoms with Crippen LogP contribution in [0.1, 0.15) is 18.4 Å². The first-order chi connectivity index (χ1) is 14.2. The molecule has 0 spiro atoms. The van der Waals surface area contributed by atoms with E-state index in [9.17, 15) is 13.2 Å². The molecule has 1 aliphatic rings. The number of rotatable bonds is 5. The quantitative estimate of drug-likeness (QED) is 0.647. The molecule has 156 valence electrons. The van der Waals surface area contributed by atoms with E-state index in [2.05, 4.69) is 20.4 Å². The van der Waals surface area contributed by atoms with Crippen molar-refractivity contribution < 1.29 is 31.9 Å². The lowest BCUT2D eigenvalue weighted by atomic mass is 9.96. The van der Waals surface area contributed by atoms with E-state index in [-0.39, 0.29) is 5.75 Å². The van der Waals surface area contributed by atoms with Gasteiger partial charge in [0.2, 0.25) is 17.7 Å². The number of nitrogens with zero attached hydrogens (tertiary/aromatic N) is 2. The van der Waals surface area contributed by atoms with Gasteiger partial charge in [0.25, 0.3) is 0 Å². The highest BCUT2D eigenvalue weighted by Gasteiger charge is 2.34. The SMILES string of the molecule is Cc1nnc(-c2cccc(OC3=CC(C)(c4ccc(OC(F)(F)F)cc4)ON3)c2)o1. The van der Waals surface area contributed by atoms with Crippen LogP contribution in [0.15, 0.2) is 64.9 Å². The number of benzene rings is 2. The number of alkyl halides is 3. The second kappa shape index (κ2) is 7.38. The summed E-state index contributed by atoms with van der Waals surface area (Å²) >= 11 is 0. The van der Waals surface area contributed by atoms with Gasteiger partial charge in [0.05, 0.1) is 0 Å². The zero-order valence-corrected chi connectivity index (χ0v) is 15.9. The normalized spacial score (nSPS) is 18.6. The van der Waals surface area contributed by atoms with Crippen LogP contribution in [0.25, 0.3) is 11.5 Å². The van der Waals surface area contributed by atoms with E-state index in [1.54, 1.807) is 38.1 Å². The molecule has 2 heterocycles. The summed E-state index contributed by atoms with van der Waals surface area (Å²) in [5.41, 5.74) is 3.04. The van der Waals surface area contributed by atoms with Gasteiger partial charge >= 0.3 is 6.36 Å². The molecule has 0 radical (unpaired) electrons. The predicted molar refractivity (Wildman–Crippen MR) is 97.9 cm³/mol. The standard InChI is InChI=1S/C20H16F3N3O4/c1-12-24-25-18(27-12)13-4-3-5-16(10-13)28-17-11-19(2,30-26-17)14-6-8-15(9-7-14)29-20(21,22)23/h3-11,26H,1-2H3. The summed E-state index contributed by atoms with van der Waals surface area (Å²) in [4.78, 5) is 5.60. The Balaban J connectivity index is 1.49. The summed E-state index contributed by atoms with van der Waals surface area (Å²) in [7, 11) is 0. The van der Waals surface area contributed by atoms with Crippen LogP contribution in [0.3, 0.4) is 0 Å². The van der Waals surface area contributed by atoms with E-state index >= 15 is 0 Å². The van der Waals surface area contributed by atoms with Crippen molar-refractivity contribution in [3.05, 3.63) is 71.9 Å². The Hall–Kier alpha value is -3.53. The van der Waals surface area contributed by atoms with Crippen LogP contribution < -0.4 is 15.0 Å². The molecule has 30 heavy (non-hydrogen) atoms. The summed E-state index contributed by atoms with van der Waals surface area (Å²) in [6.07, 6.45) is -3.07. The van der Waals surface area contributed by atoms with Crippen molar-refractivity contribution in [3.8, 4) is 23.0 Å². The molecule has 0 saturated carbocycles. The first-order valence-electron chi connectivity index (χ1n) is 8.82. The Morgan fingerprint density at radius 2 is 1.80 bits per heavy atom. The average molecular weight is 419 g/mol. The molecule has 0 aliphatic carbocycles. The molecular formula is C20H16F3N3O4. The van der Waals surface area contributed by atoms with Gasteiger partial charge in [-0.15, -0.1) is 23.4 Å². The van der Waals surface area contributed by atoms with E-state index in [4.69, 9.17) is 14.0 Å². The van der Waals surface area contributed by atoms with Crippen molar-refractivity contribution in [2.75, 3.05) is 0 Å². The highest BCUT2D eigenvalue weighted by atomic mass is 19.4. The lowest BCUT2D eigenvalue weighted by Gasteiger charge is -2.20. The summed E-state index contributed by atoms with van der Waals surface area (Å²) < 4.78 is 52.1. The third kappa shape index (κ3) is 4.38. The van der Waals surface area contributed by atoms with Crippen LogP contribution in [-0.4, -0.2) is 16.6 Å². The van der Waals surface area contributed by atoms with E-state index in [0.29, 0.717) is 34.5 Å². The fourth-order valence-electron chi connectivity index (χ4n) is 2.88. The van der Waals surface area contributed by atoms with Crippen molar-refractivity contribution in [3.63, 3.8) is 0 Å². The Morgan fingerprint density at radius 3 is 2.47 bits per heavy atom. The zero-order valence-electron chi connectivity index (χ0n) is 15.9. The fourth-order valence-corrected chi connectivity index (χ4v) is 2.88. The molecule has 10 heteroatoms. The Morgan fingerprint density at radius 1 is 1.03 bits per heavy atom. The van der Waals surface area contributed by atoms with E-state index in [0.717, 1.165) is 0 Å². The summed E-state index contributed by atoms with van der Waals surface area (Å²) in [6.45, 7) is 3.44. The van der Waals surface area contributed by atoms with Crippen molar-refractivity contribution in [2.24, 2.45) is 0 Å². The maximum Gasteiger partial charge on any atom is 0.573 e. The monoisotopic (exact) mass is 419 g/mol. The minimum atomic E-state index is -4.74. The molecular weight excluding hydrogens is 403 g/mol. The molecule has 3 aromatic rings. The van der Waals surface area contributed by atoms with Crippen molar-refractivity contribution in [1.29, 1.82) is 0 Å². The molecule has 7 nitrogen and oxygen atoms in total. The number of ether oxygens (including phenoxy) is 2. The Bertz CT molecular complexity index is 1080. The van der Waals surface area contributed by atoms with Gasteiger partial charge in [-0.25, -0.2) is 5.48 Å². The second-order valence-corrected chi connectivity index (χ2v) is 6.65. The van der Waals surface area contributed by atoms with Crippen LogP contribution >= 0.6 is 0 Å². The van der Waals surface area contributed by atoms with Gasteiger partial charge in [-0.05, 0) is 42.8 Å². The molecule has 0 saturated heterocycles. The molecule has 0 bridgehead atoms. The molecule has 1 unspecified atom stereocenters. The molecule has 1 aliphatic heterocycles. The van der Waals surface area contributed by atoms with Gasteiger partial charge < -0.3 is 13.9 Å². The lowest BCUT2D eigenvalue weighted by Crippen LogP contribution is -2.23. The van der Waals surface area contributed by atoms with Crippen LogP contribution in [0, 0.1) is 6.92 Å². The Kier molecular flexibility index (Phi) is 4.86. The van der Waals surface area contributed by atoms with Gasteiger partial charge in [0.15, 0.2) is 0 Å². The number of aromatic nitrogens is 2. The molecule has 0 fully saturated rings. The van der Waals surface area contributed by atoms with Gasteiger partial charge in [0, 0.05) is 18.6 Å². The number of hydroxylamine groups is 1. The number of hydrogen-bond donors (Lipinski definition) is 1. The van der Waals surface area contributed by atoms with Crippen molar-refractivity contribution in [2.45, 2.75) is 25.8 Å². The maximum atomic E-state index is 12.3. The zero-order chi connectivity index (χ0) is 21.4. The number of aryl methyl sites for hydroxylation is 1. The predicted octanol–water partition coefficient (Wildman–Crippen LogP) is 4.61. The van der Waals surface area contributed by atoms with Gasteiger partial charge in [0.1, 0.15) is 17.1 Å². The Labute approximate surface area is 169 Å². The first-order valence-corrected chi connectivity index (χ1v) is 8.82. The minimum Gasteiger partial charge on any atom is -0.439 e. The number of hydrogen-bond acceptors (Lipinski definition) is 7. The first kappa shape index (κ1) is 19.8. The topological polar surface area (TPSA) is 78.6 Å². The van der Waals surface area contributed by atoms with Crippen LogP contribution in [0.4, 0.5) is 13.2 Å². The van der Waals surface area contributed by atoms with Crippen LogP contribution in [0.2, 0.25) is 0 Å². The minimum absolute atomic E-state index is 0.311.